The van der Waals surface area contributed by atoms with Gasteiger partial charge in [0, 0.05) is 6.54 Å². The standard InChI is InChI=1S/C9H14N2O2/c1-6-8(12)11(9(13)10-6)5-7-3-2-4-7/h6-7H,2-5H2,1H3,(H,10,13). The van der Waals surface area contributed by atoms with Gasteiger partial charge in [-0.05, 0) is 25.7 Å². The van der Waals surface area contributed by atoms with E-state index in [0.29, 0.717) is 12.5 Å². The molecule has 1 N–H and O–H groups in total. The van der Waals surface area contributed by atoms with Crippen LogP contribution in [0, 0.1) is 5.92 Å². The molecule has 0 aromatic rings. The number of imide groups is 1. The minimum Gasteiger partial charge on any atom is -0.326 e. The molecule has 1 atom stereocenters. The average Bonchev–Trinajstić information content (AvgIpc) is 2.21. The number of hydrogen-bond donors (Lipinski definition) is 1. The quantitative estimate of drug-likeness (QED) is 0.640. The summed E-state index contributed by atoms with van der Waals surface area (Å²) in [5, 5.41) is 2.61. The molecule has 1 aliphatic heterocycles. The van der Waals surface area contributed by atoms with Gasteiger partial charge in [0.1, 0.15) is 6.04 Å². The lowest BCUT2D eigenvalue weighted by atomic mass is 9.85. The molecule has 4 heteroatoms. The Kier molecular flexibility index (Phi) is 1.98. The zero-order valence-electron chi connectivity index (χ0n) is 7.75. The van der Waals surface area contributed by atoms with Crippen molar-refractivity contribution in [3.8, 4) is 0 Å². The van der Waals surface area contributed by atoms with E-state index in [1.165, 1.54) is 11.3 Å². The summed E-state index contributed by atoms with van der Waals surface area (Å²) in [6.45, 7) is 2.34. The monoisotopic (exact) mass is 182 g/mol. The highest BCUT2D eigenvalue weighted by Gasteiger charge is 2.36. The van der Waals surface area contributed by atoms with E-state index in [1.807, 2.05) is 0 Å². The normalized spacial score (nSPS) is 29.0. The van der Waals surface area contributed by atoms with Crippen LogP contribution in [0.4, 0.5) is 4.79 Å². The molecule has 2 fully saturated rings. The predicted molar refractivity (Wildman–Crippen MR) is 47.0 cm³/mol. The van der Waals surface area contributed by atoms with Crippen LogP contribution in [0.25, 0.3) is 0 Å². The maximum absolute atomic E-state index is 11.4. The van der Waals surface area contributed by atoms with Gasteiger partial charge in [-0.2, -0.15) is 0 Å². The van der Waals surface area contributed by atoms with Crippen LogP contribution < -0.4 is 5.32 Å². The second-order valence-electron chi connectivity index (χ2n) is 3.92. The van der Waals surface area contributed by atoms with Gasteiger partial charge in [0.05, 0.1) is 0 Å². The summed E-state index contributed by atoms with van der Waals surface area (Å²) in [5.41, 5.74) is 0. The van der Waals surface area contributed by atoms with Crippen molar-refractivity contribution in [3.63, 3.8) is 0 Å². The molecular weight excluding hydrogens is 168 g/mol. The first-order valence-corrected chi connectivity index (χ1v) is 4.80. The van der Waals surface area contributed by atoms with Gasteiger partial charge in [0.2, 0.25) is 0 Å². The van der Waals surface area contributed by atoms with Crippen molar-refractivity contribution >= 4 is 11.9 Å². The van der Waals surface area contributed by atoms with Crippen LogP contribution in [0.5, 0.6) is 0 Å². The lowest BCUT2D eigenvalue weighted by molar-refractivity contribution is -0.127. The lowest BCUT2D eigenvalue weighted by Crippen LogP contribution is -2.37. The smallest absolute Gasteiger partial charge is 0.324 e. The number of urea groups is 1. The number of carbonyl (C=O) groups excluding carboxylic acids is 2. The zero-order valence-corrected chi connectivity index (χ0v) is 7.75. The minimum atomic E-state index is -0.326. The molecule has 0 radical (unpaired) electrons. The number of nitrogens with one attached hydrogen (secondary N) is 1. The zero-order chi connectivity index (χ0) is 9.42. The van der Waals surface area contributed by atoms with Crippen molar-refractivity contribution in [3.05, 3.63) is 0 Å². The molecule has 1 aliphatic carbocycles. The third-order valence-electron chi connectivity index (χ3n) is 2.89. The van der Waals surface area contributed by atoms with Crippen LogP contribution in [0.15, 0.2) is 0 Å². The summed E-state index contributed by atoms with van der Waals surface area (Å²) in [5.74, 6) is 0.483. The molecule has 1 unspecified atom stereocenters. The SMILES string of the molecule is CC1NC(=O)N(CC2CCC2)C1=O. The minimum absolute atomic E-state index is 0.0723. The summed E-state index contributed by atoms with van der Waals surface area (Å²) in [7, 11) is 0. The van der Waals surface area contributed by atoms with Gasteiger partial charge in [0.25, 0.3) is 5.91 Å². The van der Waals surface area contributed by atoms with Crippen molar-refractivity contribution < 1.29 is 9.59 Å². The second-order valence-corrected chi connectivity index (χ2v) is 3.92. The molecule has 0 aromatic carbocycles. The third kappa shape index (κ3) is 1.41. The number of amides is 3. The largest absolute Gasteiger partial charge is 0.326 e. The van der Waals surface area contributed by atoms with Crippen LogP contribution in [-0.2, 0) is 4.79 Å². The predicted octanol–water partition coefficient (Wildman–Crippen LogP) is 0.727. The fourth-order valence-corrected chi connectivity index (χ4v) is 1.77. The number of carbonyl (C=O) groups is 2. The van der Waals surface area contributed by atoms with E-state index in [-0.39, 0.29) is 18.0 Å². The highest BCUT2D eigenvalue weighted by Crippen LogP contribution is 2.27. The summed E-state index contributed by atoms with van der Waals surface area (Å²) in [6, 6.07) is -0.544. The lowest BCUT2D eigenvalue weighted by Gasteiger charge is -2.28. The van der Waals surface area contributed by atoms with Crippen molar-refractivity contribution in [1.29, 1.82) is 0 Å². The fourth-order valence-electron chi connectivity index (χ4n) is 1.77. The van der Waals surface area contributed by atoms with E-state index < -0.39 is 0 Å². The molecule has 1 saturated carbocycles. The molecular formula is C9H14N2O2. The molecule has 0 aromatic heterocycles. The summed E-state index contributed by atoms with van der Waals surface area (Å²) in [4.78, 5) is 24.1. The maximum Gasteiger partial charge on any atom is 0.324 e. The van der Waals surface area contributed by atoms with E-state index >= 15 is 0 Å². The van der Waals surface area contributed by atoms with E-state index in [9.17, 15) is 9.59 Å². The number of rotatable bonds is 2. The molecule has 1 heterocycles. The van der Waals surface area contributed by atoms with Crippen molar-refractivity contribution in [2.24, 2.45) is 5.92 Å². The maximum atomic E-state index is 11.4. The molecule has 13 heavy (non-hydrogen) atoms. The highest BCUT2D eigenvalue weighted by molar-refractivity contribution is 6.03. The topological polar surface area (TPSA) is 49.4 Å². The molecule has 2 aliphatic rings. The Morgan fingerprint density at radius 2 is 2.15 bits per heavy atom. The van der Waals surface area contributed by atoms with Crippen molar-refractivity contribution in [1.82, 2.24) is 10.2 Å². The van der Waals surface area contributed by atoms with E-state index in [4.69, 9.17) is 0 Å². The third-order valence-corrected chi connectivity index (χ3v) is 2.89. The number of nitrogens with zero attached hydrogens (tertiary/aromatic N) is 1. The van der Waals surface area contributed by atoms with Gasteiger partial charge in [0.15, 0.2) is 0 Å². The van der Waals surface area contributed by atoms with Crippen LogP contribution in [0.2, 0.25) is 0 Å². The average molecular weight is 182 g/mol. The molecule has 72 valence electrons. The Morgan fingerprint density at radius 3 is 2.54 bits per heavy atom. The van der Waals surface area contributed by atoms with Crippen molar-refractivity contribution in [2.45, 2.75) is 32.2 Å². The van der Waals surface area contributed by atoms with Gasteiger partial charge in [-0.25, -0.2) is 4.79 Å². The summed E-state index contributed by atoms with van der Waals surface area (Å²) in [6.07, 6.45) is 3.56. The summed E-state index contributed by atoms with van der Waals surface area (Å²) >= 11 is 0. The van der Waals surface area contributed by atoms with Gasteiger partial charge in [-0.3, -0.25) is 9.69 Å². The van der Waals surface area contributed by atoms with Crippen LogP contribution in [-0.4, -0.2) is 29.4 Å². The van der Waals surface area contributed by atoms with E-state index in [1.54, 1.807) is 6.92 Å². The van der Waals surface area contributed by atoms with Crippen LogP contribution in [0.3, 0.4) is 0 Å². The molecule has 1 saturated heterocycles. The first kappa shape index (κ1) is 8.53. The number of hydrogen-bond acceptors (Lipinski definition) is 2. The Hall–Kier alpha value is -1.06. The Labute approximate surface area is 77.3 Å². The Bertz CT molecular complexity index is 248. The highest BCUT2D eigenvalue weighted by atomic mass is 16.2. The van der Waals surface area contributed by atoms with Gasteiger partial charge in [-0.15, -0.1) is 0 Å². The second kappa shape index (κ2) is 3.01. The molecule has 3 amide bonds. The first-order valence-electron chi connectivity index (χ1n) is 4.80. The molecule has 2 rings (SSSR count). The molecule has 0 spiro atoms. The first-order chi connectivity index (χ1) is 6.18. The van der Waals surface area contributed by atoms with Gasteiger partial charge >= 0.3 is 6.03 Å². The van der Waals surface area contributed by atoms with Gasteiger partial charge < -0.3 is 5.32 Å². The van der Waals surface area contributed by atoms with Gasteiger partial charge in [-0.1, -0.05) is 6.42 Å². The molecule has 0 bridgehead atoms. The Morgan fingerprint density at radius 1 is 1.46 bits per heavy atom. The Balaban J connectivity index is 1.96. The van der Waals surface area contributed by atoms with Crippen molar-refractivity contribution in [2.75, 3.05) is 6.54 Å². The van der Waals surface area contributed by atoms with Crippen LogP contribution in [0.1, 0.15) is 26.2 Å². The van der Waals surface area contributed by atoms with E-state index in [0.717, 1.165) is 12.8 Å². The van der Waals surface area contributed by atoms with E-state index in [2.05, 4.69) is 5.32 Å². The molecule has 4 nitrogen and oxygen atoms in total. The summed E-state index contributed by atoms with van der Waals surface area (Å²) < 4.78 is 0. The fraction of sp³-hybridized carbons (Fsp3) is 0.778. The van der Waals surface area contributed by atoms with Crippen LogP contribution >= 0.6 is 0 Å².